The van der Waals surface area contributed by atoms with Crippen LogP contribution in [0.25, 0.3) is 0 Å². The van der Waals surface area contributed by atoms with Crippen LogP contribution in [0.1, 0.15) is 24.1 Å². The van der Waals surface area contributed by atoms with Crippen molar-refractivity contribution in [1.29, 1.82) is 10.7 Å². The number of nitrogens with one attached hydrogen (secondary N) is 2. The topological polar surface area (TPSA) is 137 Å². The van der Waals surface area contributed by atoms with Crippen molar-refractivity contribution in [1.82, 2.24) is 10.2 Å². The van der Waals surface area contributed by atoms with E-state index in [0.717, 1.165) is 5.56 Å². The third-order valence-corrected chi connectivity index (χ3v) is 5.36. The lowest BCUT2D eigenvalue weighted by Gasteiger charge is -2.47. The molecular weight excluding hydrogens is 398 g/mol. The maximum absolute atomic E-state index is 11.3. The van der Waals surface area contributed by atoms with E-state index in [-0.39, 0.29) is 12.5 Å². The van der Waals surface area contributed by atoms with Crippen LogP contribution in [-0.2, 0) is 16.0 Å². The maximum Gasteiger partial charge on any atom is 0.205 e. The number of aliphatic hydroxyl groups is 1. The summed E-state index contributed by atoms with van der Waals surface area (Å²) in [5, 5.41) is 32.3. The summed E-state index contributed by atoms with van der Waals surface area (Å²) in [5.74, 6) is 0.303. The van der Waals surface area contributed by atoms with Crippen molar-refractivity contribution >= 4 is 11.6 Å². The van der Waals surface area contributed by atoms with Crippen molar-refractivity contribution in [3.63, 3.8) is 0 Å². The summed E-state index contributed by atoms with van der Waals surface area (Å²) in [4.78, 5) is 1.20. The number of hydrogen-bond donors (Lipinski definition) is 4. The highest BCUT2D eigenvalue weighted by Crippen LogP contribution is 2.43. The molecule has 0 saturated heterocycles. The Hall–Kier alpha value is -3.32. The summed E-state index contributed by atoms with van der Waals surface area (Å²) >= 11 is 0. The van der Waals surface area contributed by atoms with Crippen LogP contribution in [0.15, 0.2) is 48.5 Å². The number of methoxy groups -OCH3 is 2. The van der Waals surface area contributed by atoms with Gasteiger partial charge in [-0.2, -0.15) is 5.26 Å². The Balaban J connectivity index is 1.93. The maximum atomic E-state index is 11.3. The molecule has 0 saturated carbocycles. The van der Waals surface area contributed by atoms with Gasteiger partial charge in [0.25, 0.3) is 0 Å². The number of rotatable bonds is 6. The van der Waals surface area contributed by atoms with E-state index in [9.17, 15) is 10.4 Å². The Bertz CT molecular complexity index is 960. The van der Waals surface area contributed by atoms with E-state index < -0.39 is 24.0 Å². The van der Waals surface area contributed by atoms with Crippen LogP contribution < -0.4 is 15.8 Å². The molecule has 0 unspecified atom stereocenters. The van der Waals surface area contributed by atoms with Crippen LogP contribution in [-0.4, -0.2) is 48.2 Å². The number of ether oxygens (including phenoxy) is 3. The molecule has 9 nitrogen and oxygen atoms in total. The Morgan fingerprint density at radius 1 is 1.32 bits per heavy atom. The highest BCUT2D eigenvalue weighted by atomic mass is 16.7. The first-order valence-electron chi connectivity index (χ1n) is 9.72. The number of nitriles is 1. The molecule has 2 aromatic rings. The average Bonchev–Trinajstić information content (AvgIpc) is 2.77. The fraction of sp³-hybridized carbons (Fsp3) is 0.364. The molecular formula is C22H27N5O4. The first-order valence-corrected chi connectivity index (χ1v) is 9.72. The van der Waals surface area contributed by atoms with Crippen LogP contribution in [0.2, 0.25) is 0 Å². The zero-order valence-corrected chi connectivity index (χ0v) is 17.7. The number of benzene rings is 2. The van der Waals surface area contributed by atoms with E-state index in [1.54, 1.807) is 25.1 Å². The predicted octanol–water partition coefficient (Wildman–Crippen LogP) is 1.95. The molecule has 0 aromatic heterocycles. The van der Waals surface area contributed by atoms with Crippen molar-refractivity contribution in [2.45, 2.75) is 37.5 Å². The molecule has 0 spiro atoms. The first-order chi connectivity index (χ1) is 14.8. The van der Waals surface area contributed by atoms with Crippen LogP contribution in [0.5, 0.6) is 5.75 Å². The molecule has 5 N–H and O–H groups in total. The van der Waals surface area contributed by atoms with Gasteiger partial charge in [-0.1, -0.05) is 30.3 Å². The SMILES string of the molecule is COC(OC)[C@@]1(C)Oc2ccc(N)cc2[C@@H](NC(=N)N(C#N)Cc2ccccc2)[C@@H]1O. The zero-order chi connectivity index (χ0) is 22.6. The molecule has 0 bridgehead atoms. The lowest BCUT2D eigenvalue weighted by atomic mass is 9.84. The van der Waals surface area contributed by atoms with Gasteiger partial charge < -0.3 is 30.4 Å². The molecule has 0 aliphatic carbocycles. The summed E-state index contributed by atoms with van der Waals surface area (Å²) in [6.07, 6.45) is -0.0612. The van der Waals surface area contributed by atoms with Crippen molar-refractivity contribution < 1.29 is 19.3 Å². The number of guanidine groups is 1. The standard InChI is InChI=1S/C22H27N5O4/c1-22(20(29-2)30-3)19(28)18(16-11-15(24)9-10-17(16)31-22)26-21(25)27(13-23)12-14-7-5-4-6-8-14/h4-11,18-20,28H,12,24H2,1-3H3,(H2,25,26)/t18-,19+,22+/m1/s1. The molecule has 1 aliphatic rings. The molecule has 3 rings (SSSR count). The first kappa shape index (κ1) is 22.4. The number of hydrogen-bond acceptors (Lipinski definition) is 7. The molecule has 0 amide bonds. The van der Waals surface area contributed by atoms with E-state index in [2.05, 4.69) is 5.32 Å². The molecule has 31 heavy (non-hydrogen) atoms. The van der Waals surface area contributed by atoms with Crippen LogP contribution in [0, 0.1) is 16.9 Å². The van der Waals surface area contributed by atoms with Crippen LogP contribution in [0.4, 0.5) is 5.69 Å². The van der Waals surface area contributed by atoms with E-state index in [1.165, 1.54) is 19.1 Å². The predicted molar refractivity (Wildman–Crippen MR) is 115 cm³/mol. The van der Waals surface area contributed by atoms with Crippen molar-refractivity contribution in [2.75, 3.05) is 20.0 Å². The second-order valence-electron chi connectivity index (χ2n) is 7.47. The van der Waals surface area contributed by atoms with Gasteiger partial charge in [-0.05, 0) is 30.7 Å². The van der Waals surface area contributed by atoms with Gasteiger partial charge in [0.2, 0.25) is 5.96 Å². The Kier molecular flexibility index (Phi) is 6.65. The van der Waals surface area contributed by atoms with E-state index >= 15 is 0 Å². The van der Waals surface area contributed by atoms with Gasteiger partial charge in [0.15, 0.2) is 18.1 Å². The molecule has 1 heterocycles. The number of nitrogen functional groups attached to an aromatic ring is 1. The number of aliphatic hydroxyl groups excluding tert-OH is 1. The molecule has 3 atom stereocenters. The van der Waals surface area contributed by atoms with Gasteiger partial charge in [-0.15, -0.1) is 0 Å². The monoisotopic (exact) mass is 425 g/mol. The van der Waals surface area contributed by atoms with Crippen molar-refractivity contribution in [3.05, 3.63) is 59.7 Å². The zero-order valence-electron chi connectivity index (χ0n) is 17.7. The third-order valence-electron chi connectivity index (χ3n) is 5.36. The molecule has 0 radical (unpaired) electrons. The molecule has 1 aliphatic heterocycles. The minimum Gasteiger partial charge on any atom is -0.479 e. The van der Waals surface area contributed by atoms with Gasteiger partial charge in [-0.3, -0.25) is 5.41 Å². The summed E-state index contributed by atoms with van der Waals surface area (Å²) < 4.78 is 16.8. The average molecular weight is 425 g/mol. The summed E-state index contributed by atoms with van der Waals surface area (Å²) in [6.45, 7) is 1.88. The van der Waals surface area contributed by atoms with Crippen LogP contribution in [0.3, 0.4) is 0 Å². The smallest absolute Gasteiger partial charge is 0.205 e. The lowest BCUT2D eigenvalue weighted by Crippen LogP contribution is -2.62. The third kappa shape index (κ3) is 4.41. The van der Waals surface area contributed by atoms with E-state index in [1.807, 2.05) is 36.5 Å². The molecule has 2 aromatic carbocycles. The van der Waals surface area contributed by atoms with Crippen LogP contribution >= 0.6 is 0 Å². The second kappa shape index (κ2) is 9.22. The number of nitrogens with zero attached hydrogens (tertiary/aromatic N) is 2. The van der Waals surface area contributed by atoms with Gasteiger partial charge >= 0.3 is 0 Å². The Labute approximate surface area is 181 Å². The molecule has 9 heteroatoms. The molecule has 164 valence electrons. The number of fused-ring (bicyclic) bond motifs is 1. The van der Waals surface area contributed by atoms with Crippen molar-refractivity contribution in [3.8, 4) is 11.9 Å². The summed E-state index contributed by atoms with van der Waals surface area (Å²) in [5.41, 5.74) is 6.59. The van der Waals surface area contributed by atoms with Gasteiger partial charge in [-0.25, -0.2) is 4.90 Å². The Morgan fingerprint density at radius 3 is 2.61 bits per heavy atom. The highest BCUT2D eigenvalue weighted by Gasteiger charge is 2.52. The largest absolute Gasteiger partial charge is 0.479 e. The summed E-state index contributed by atoms with van der Waals surface area (Å²) in [6, 6.07) is 13.6. The number of anilines is 1. The second-order valence-corrected chi connectivity index (χ2v) is 7.47. The minimum atomic E-state index is -1.29. The lowest BCUT2D eigenvalue weighted by molar-refractivity contribution is -0.238. The number of nitrogens with two attached hydrogens (primary N) is 1. The summed E-state index contributed by atoms with van der Waals surface area (Å²) in [7, 11) is 2.91. The molecule has 0 fully saturated rings. The quantitative estimate of drug-likeness (QED) is 0.138. The fourth-order valence-electron chi connectivity index (χ4n) is 3.77. The highest BCUT2D eigenvalue weighted by molar-refractivity contribution is 5.79. The fourth-order valence-corrected chi connectivity index (χ4v) is 3.77. The van der Waals surface area contributed by atoms with E-state index in [4.69, 9.17) is 25.4 Å². The minimum absolute atomic E-state index is 0.167. The van der Waals surface area contributed by atoms with E-state index in [0.29, 0.717) is 17.0 Å². The normalized spacial score (nSPS) is 22.2. The van der Waals surface area contributed by atoms with Gasteiger partial charge in [0.1, 0.15) is 11.9 Å². The Morgan fingerprint density at radius 2 is 2.00 bits per heavy atom. The van der Waals surface area contributed by atoms with Gasteiger partial charge in [0.05, 0.1) is 12.6 Å². The van der Waals surface area contributed by atoms with Crippen molar-refractivity contribution in [2.24, 2.45) is 0 Å². The van der Waals surface area contributed by atoms with Gasteiger partial charge in [0, 0.05) is 25.5 Å².